The number of rotatable bonds is 6. The summed E-state index contributed by atoms with van der Waals surface area (Å²) in [6.07, 6.45) is 0. The first-order valence-corrected chi connectivity index (χ1v) is 8.19. The molecule has 0 fully saturated rings. The fraction of sp³-hybridized carbons (Fsp3) is 0.400. The molecule has 21 heavy (non-hydrogen) atoms. The molecule has 0 aliphatic rings. The number of nitrogens with one attached hydrogen (secondary N) is 1. The quantitative estimate of drug-likeness (QED) is 0.817. The molecule has 6 heteroatoms. The first kappa shape index (κ1) is 17.4. The zero-order chi connectivity index (χ0) is 16.2. The number of carbonyl (C=O) groups excluding carboxylic acids is 1. The van der Waals surface area contributed by atoms with E-state index in [1.807, 2.05) is 13.8 Å². The molecule has 0 radical (unpaired) electrons. The van der Waals surface area contributed by atoms with Crippen molar-refractivity contribution in [2.75, 3.05) is 20.1 Å². The molecule has 0 saturated carbocycles. The maximum absolute atomic E-state index is 12.6. The summed E-state index contributed by atoms with van der Waals surface area (Å²) in [7, 11) is -2.22. The second-order valence-corrected chi connectivity index (χ2v) is 6.85. The fourth-order valence-corrected chi connectivity index (χ4v) is 2.70. The molecule has 1 aromatic carbocycles. The number of benzene rings is 1. The Kier molecular flexibility index (Phi) is 5.69. The van der Waals surface area contributed by atoms with Gasteiger partial charge in [0.1, 0.15) is 0 Å². The van der Waals surface area contributed by atoms with Gasteiger partial charge in [-0.15, -0.1) is 0 Å². The van der Waals surface area contributed by atoms with E-state index in [-0.39, 0.29) is 10.8 Å². The van der Waals surface area contributed by atoms with Gasteiger partial charge in [-0.2, -0.15) is 0 Å². The van der Waals surface area contributed by atoms with Crippen molar-refractivity contribution in [3.8, 4) is 0 Å². The van der Waals surface area contributed by atoms with Crippen molar-refractivity contribution in [2.45, 2.75) is 25.7 Å². The van der Waals surface area contributed by atoms with Gasteiger partial charge in [-0.05, 0) is 45.5 Å². The molecule has 0 aromatic heterocycles. The van der Waals surface area contributed by atoms with Crippen LogP contribution in [0.5, 0.6) is 0 Å². The SMILES string of the molecule is C=C(C)CN(CC)C(=O)c1cc(S(=O)(=O)NC)ccc1C. The average molecular weight is 310 g/mol. The van der Waals surface area contributed by atoms with Crippen LogP contribution in [-0.4, -0.2) is 39.4 Å². The van der Waals surface area contributed by atoms with Crippen LogP contribution in [-0.2, 0) is 10.0 Å². The summed E-state index contributed by atoms with van der Waals surface area (Å²) in [6, 6.07) is 4.56. The first-order chi connectivity index (χ1) is 9.72. The lowest BCUT2D eigenvalue weighted by Crippen LogP contribution is -2.33. The lowest BCUT2D eigenvalue weighted by molar-refractivity contribution is 0.0777. The highest BCUT2D eigenvalue weighted by Crippen LogP contribution is 2.17. The molecule has 0 saturated heterocycles. The second kappa shape index (κ2) is 6.87. The standard InChI is InChI=1S/C15H22N2O3S/c1-6-17(10-11(2)3)15(18)14-9-13(8-7-12(14)4)21(19,20)16-5/h7-9,16H,2,6,10H2,1,3-5H3. The van der Waals surface area contributed by atoms with Crippen molar-refractivity contribution in [3.63, 3.8) is 0 Å². The second-order valence-electron chi connectivity index (χ2n) is 4.96. The Balaban J connectivity index is 3.26. The molecule has 1 amide bonds. The number of amides is 1. The molecule has 1 aromatic rings. The molecule has 0 unspecified atom stereocenters. The molecule has 0 spiro atoms. The first-order valence-electron chi connectivity index (χ1n) is 6.70. The third kappa shape index (κ3) is 4.15. The Morgan fingerprint density at radius 1 is 1.38 bits per heavy atom. The maximum atomic E-state index is 12.6. The number of likely N-dealkylation sites (N-methyl/N-ethyl adjacent to an activating group) is 1. The smallest absolute Gasteiger partial charge is 0.254 e. The van der Waals surface area contributed by atoms with Gasteiger partial charge < -0.3 is 4.90 Å². The summed E-state index contributed by atoms with van der Waals surface area (Å²) in [4.78, 5) is 14.3. The van der Waals surface area contributed by atoms with Crippen LogP contribution in [0.3, 0.4) is 0 Å². The summed E-state index contributed by atoms with van der Waals surface area (Å²) in [5.41, 5.74) is 2.02. The molecule has 0 aliphatic heterocycles. The van der Waals surface area contributed by atoms with Gasteiger partial charge in [0.2, 0.25) is 10.0 Å². The van der Waals surface area contributed by atoms with E-state index in [1.165, 1.54) is 19.2 Å². The van der Waals surface area contributed by atoms with Gasteiger partial charge in [0, 0.05) is 18.7 Å². The van der Waals surface area contributed by atoms with Crippen LogP contribution in [0.25, 0.3) is 0 Å². The molecular weight excluding hydrogens is 288 g/mol. The van der Waals surface area contributed by atoms with E-state index in [0.29, 0.717) is 18.7 Å². The van der Waals surface area contributed by atoms with Crippen molar-refractivity contribution in [1.82, 2.24) is 9.62 Å². The normalized spacial score (nSPS) is 11.2. The summed E-state index contributed by atoms with van der Waals surface area (Å²) >= 11 is 0. The van der Waals surface area contributed by atoms with Gasteiger partial charge in [0.25, 0.3) is 5.91 Å². The van der Waals surface area contributed by atoms with Crippen LogP contribution in [0.1, 0.15) is 29.8 Å². The number of hydrogen-bond donors (Lipinski definition) is 1. The Morgan fingerprint density at radius 2 is 2.00 bits per heavy atom. The summed E-state index contributed by atoms with van der Waals surface area (Å²) in [5, 5.41) is 0. The predicted octanol–water partition coefficient (Wildman–Crippen LogP) is 1.94. The van der Waals surface area contributed by atoms with Crippen molar-refractivity contribution in [3.05, 3.63) is 41.5 Å². The molecule has 0 heterocycles. The van der Waals surface area contributed by atoms with E-state index in [2.05, 4.69) is 11.3 Å². The van der Waals surface area contributed by atoms with Crippen molar-refractivity contribution in [2.24, 2.45) is 0 Å². The summed E-state index contributed by atoms with van der Waals surface area (Å²) < 4.78 is 26.0. The van der Waals surface area contributed by atoms with E-state index in [0.717, 1.165) is 11.1 Å². The highest BCUT2D eigenvalue weighted by Gasteiger charge is 2.20. The van der Waals surface area contributed by atoms with Gasteiger partial charge in [0.05, 0.1) is 4.90 Å². The molecule has 1 rings (SSSR count). The van der Waals surface area contributed by atoms with E-state index in [1.54, 1.807) is 17.9 Å². The minimum atomic E-state index is -3.56. The Morgan fingerprint density at radius 3 is 2.48 bits per heavy atom. The number of carbonyl (C=O) groups is 1. The third-order valence-corrected chi connectivity index (χ3v) is 4.56. The minimum absolute atomic E-state index is 0.0883. The van der Waals surface area contributed by atoms with E-state index in [9.17, 15) is 13.2 Å². The molecule has 116 valence electrons. The Hall–Kier alpha value is -1.66. The van der Waals surface area contributed by atoms with Crippen molar-refractivity contribution in [1.29, 1.82) is 0 Å². The number of sulfonamides is 1. The van der Waals surface area contributed by atoms with Crippen LogP contribution in [0.2, 0.25) is 0 Å². The highest BCUT2D eigenvalue weighted by atomic mass is 32.2. The average Bonchev–Trinajstić information content (AvgIpc) is 2.44. The largest absolute Gasteiger partial charge is 0.335 e. The van der Waals surface area contributed by atoms with Gasteiger partial charge in [-0.3, -0.25) is 4.79 Å². The maximum Gasteiger partial charge on any atom is 0.254 e. The highest BCUT2D eigenvalue weighted by molar-refractivity contribution is 7.89. The van der Waals surface area contributed by atoms with E-state index >= 15 is 0 Å². The number of aryl methyl sites for hydroxylation is 1. The van der Waals surface area contributed by atoms with Crippen LogP contribution < -0.4 is 4.72 Å². The molecular formula is C15H22N2O3S. The monoisotopic (exact) mass is 310 g/mol. The zero-order valence-electron chi connectivity index (χ0n) is 12.9. The van der Waals surface area contributed by atoms with E-state index in [4.69, 9.17) is 0 Å². The van der Waals surface area contributed by atoms with E-state index < -0.39 is 10.0 Å². The number of hydrogen-bond acceptors (Lipinski definition) is 3. The summed E-state index contributed by atoms with van der Waals surface area (Å²) in [5.74, 6) is -0.189. The molecule has 0 aliphatic carbocycles. The van der Waals surface area contributed by atoms with Crippen molar-refractivity contribution >= 4 is 15.9 Å². The van der Waals surface area contributed by atoms with Gasteiger partial charge in [-0.25, -0.2) is 13.1 Å². The molecule has 0 atom stereocenters. The molecule has 5 nitrogen and oxygen atoms in total. The predicted molar refractivity (Wildman–Crippen MR) is 83.8 cm³/mol. The Labute approximate surface area is 126 Å². The van der Waals surface area contributed by atoms with Crippen LogP contribution >= 0.6 is 0 Å². The van der Waals surface area contributed by atoms with Gasteiger partial charge >= 0.3 is 0 Å². The van der Waals surface area contributed by atoms with Gasteiger partial charge in [-0.1, -0.05) is 18.2 Å². The fourth-order valence-electron chi connectivity index (χ4n) is 1.94. The third-order valence-electron chi connectivity index (χ3n) is 3.15. The number of nitrogens with zero attached hydrogens (tertiary/aromatic N) is 1. The summed E-state index contributed by atoms with van der Waals surface area (Å²) in [6.45, 7) is 10.3. The van der Waals surface area contributed by atoms with Crippen LogP contribution in [0.15, 0.2) is 35.2 Å². The zero-order valence-corrected chi connectivity index (χ0v) is 13.8. The van der Waals surface area contributed by atoms with Crippen molar-refractivity contribution < 1.29 is 13.2 Å². The lowest BCUT2D eigenvalue weighted by atomic mass is 10.1. The minimum Gasteiger partial charge on any atom is -0.335 e. The molecule has 0 bridgehead atoms. The van der Waals surface area contributed by atoms with Crippen LogP contribution in [0.4, 0.5) is 0 Å². The molecule has 1 N–H and O–H groups in total. The van der Waals surface area contributed by atoms with Crippen LogP contribution in [0, 0.1) is 6.92 Å². The Bertz CT molecular complexity index is 651. The lowest BCUT2D eigenvalue weighted by Gasteiger charge is -2.22. The van der Waals surface area contributed by atoms with Gasteiger partial charge in [0.15, 0.2) is 0 Å². The topological polar surface area (TPSA) is 66.5 Å².